The summed E-state index contributed by atoms with van der Waals surface area (Å²) in [6.07, 6.45) is -1.02. The van der Waals surface area contributed by atoms with Crippen molar-refractivity contribution >= 4 is 16.7 Å². The number of hydrogen-bond donors (Lipinski definition) is 4. The maximum atomic E-state index is 11.8. The summed E-state index contributed by atoms with van der Waals surface area (Å²) in [4.78, 5) is 26.0. The smallest absolute Gasteiger partial charge is 0.267 e. The first-order valence-corrected chi connectivity index (χ1v) is 5.81. The Labute approximate surface area is 108 Å². The number of aromatic nitrogens is 1. The van der Waals surface area contributed by atoms with E-state index in [9.17, 15) is 9.59 Å². The molecule has 0 spiro atoms. The van der Waals surface area contributed by atoms with E-state index >= 15 is 0 Å². The number of rotatable bonds is 4. The minimum absolute atomic E-state index is 0.0792. The minimum Gasteiger partial charge on any atom is -0.394 e. The minimum atomic E-state index is -1.02. The second-order valence-corrected chi connectivity index (χ2v) is 4.15. The third kappa shape index (κ3) is 2.98. The van der Waals surface area contributed by atoms with Crippen molar-refractivity contribution in [2.24, 2.45) is 0 Å². The molecular formula is C13H14N2O4. The molecule has 2 rings (SSSR count). The van der Waals surface area contributed by atoms with E-state index in [-0.39, 0.29) is 17.8 Å². The van der Waals surface area contributed by atoms with Gasteiger partial charge < -0.3 is 20.5 Å². The van der Waals surface area contributed by atoms with Gasteiger partial charge in [0.1, 0.15) is 5.69 Å². The second kappa shape index (κ2) is 5.64. The van der Waals surface area contributed by atoms with Crippen LogP contribution in [0.4, 0.5) is 0 Å². The Morgan fingerprint density at radius 1 is 1.37 bits per heavy atom. The van der Waals surface area contributed by atoms with E-state index in [2.05, 4.69) is 10.3 Å². The van der Waals surface area contributed by atoms with Crippen LogP contribution < -0.4 is 10.9 Å². The summed E-state index contributed by atoms with van der Waals surface area (Å²) in [5, 5.41) is 21.4. The lowest BCUT2D eigenvalue weighted by Gasteiger charge is -2.09. The first kappa shape index (κ1) is 13.3. The van der Waals surface area contributed by atoms with E-state index in [1.165, 1.54) is 0 Å². The van der Waals surface area contributed by atoms with Gasteiger partial charge >= 0.3 is 0 Å². The molecule has 19 heavy (non-hydrogen) atoms. The van der Waals surface area contributed by atoms with Gasteiger partial charge in [-0.15, -0.1) is 0 Å². The van der Waals surface area contributed by atoms with Crippen LogP contribution in [0.25, 0.3) is 10.8 Å². The Balaban J connectivity index is 2.25. The van der Waals surface area contributed by atoms with Crippen molar-refractivity contribution in [1.29, 1.82) is 0 Å². The molecule has 1 unspecified atom stereocenters. The van der Waals surface area contributed by atoms with Crippen molar-refractivity contribution < 1.29 is 15.0 Å². The van der Waals surface area contributed by atoms with Gasteiger partial charge in [-0.3, -0.25) is 9.59 Å². The molecule has 6 heteroatoms. The summed E-state index contributed by atoms with van der Waals surface area (Å²) in [6, 6.07) is 8.50. The number of carbonyl (C=O) groups excluding carboxylic acids is 1. The second-order valence-electron chi connectivity index (χ2n) is 4.15. The molecule has 0 radical (unpaired) electrons. The van der Waals surface area contributed by atoms with E-state index in [0.717, 1.165) is 0 Å². The molecule has 1 amide bonds. The molecule has 0 aliphatic carbocycles. The van der Waals surface area contributed by atoms with Crippen LogP contribution in [0, 0.1) is 0 Å². The topological polar surface area (TPSA) is 102 Å². The fraction of sp³-hybridized carbons (Fsp3) is 0.231. The highest BCUT2D eigenvalue weighted by Gasteiger charge is 2.10. The third-order valence-electron chi connectivity index (χ3n) is 2.71. The highest BCUT2D eigenvalue weighted by Crippen LogP contribution is 2.09. The van der Waals surface area contributed by atoms with Crippen LogP contribution in [0.3, 0.4) is 0 Å². The van der Waals surface area contributed by atoms with Gasteiger partial charge in [-0.25, -0.2) is 0 Å². The Morgan fingerprint density at radius 3 is 2.84 bits per heavy atom. The predicted molar refractivity (Wildman–Crippen MR) is 70.0 cm³/mol. The molecule has 1 atom stereocenters. The van der Waals surface area contributed by atoms with Crippen molar-refractivity contribution in [3.8, 4) is 0 Å². The molecule has 100 valence electrons. The number of amides is 1. The molecule has 0 fully saturated rings. The standard InChI is InChI=1S/C13H14N2O4/c16-7-9(17)6-14-13(19)11-5-8-3-1-2-4-10(8)12(18)15-11/h1-5,9,16-17H,6-7H2,(H,14,19)(H,15,18). The Morgan fingerprint density at radius 2 is 2.11 bits per heavy atom. The highest BCUT2D eigenvalue weighted by atomic mass is 16.3. The molecule has 6 nitrogen and oxygen atoms in total. The Bertz CT molecular complexity index is 650. The number of carbonyl (C=O) groups is 1. The van der Waals surface area contributed by atoms with Crippen LogP contribution in [0.1, 0.15) is 10.5 Å². The average molecular weight is 262 g/mol. The fourth-order valence-corrected chi connectivity index (χ4v) is 1.70. The summed E-state index contributed by atoms with van der Waals surface area (Å²) in [5.41, 5.74) is -0.222. The van der Waals surface area contributed by atoms with E-state index in [4.69, 9.17) is 10.2 Å². The Hall–Kier alpha value is -2.18. The molecule has 1 heterocycles. The number of fused-ring (bicyclic) bond motifs is 1. The summed E-state index contributed by atoms with van der Waals surface area (Å²) >= 11 is 0. The number of aliphatic hydroxyl groups excluding tert-OH is 2. The zero-order valence-electron chi connectivity index (χ0n) is 10.1. The lowest BCUT2D eigenvalue weighted by atomic mass is 10.1. The lowest BCUT2D eigenvalue weighted by molar-refractivity contribution is 0.0799. The maximum absolute atomic E-state index is 11.8. The molecule has 0 saturated heterocycles. The number of nitrogens with one attached hydrogen (secondary N) is 2. The zero-order chi connectivity index (χ0) is 13.8. The summed E-state index contributed by atoms with van der Waals surface area (Å²) in [7, 11) is 0. The van der Waals surface area contributed by atoms with Gasteiger partial charge in [0.15, 0.2) is 0 Å². The average Bonchev–Trinajstić information content (AvgIpc) is 2.44. The first-order chi connectivity index (χ1) is 9.11. The molecule has 1 aromatic heterocycles. The van der Waals surface area contributed by atoms with E-state index in [1.54, 1.807) is 30.3 Å². The van der Waals surface area contributed by atoms with Gasteiger partial charge in [-0.1, -0.05) is 18.2 Å². The van der Waals surface area contributed by atoms with E-state index < -0.39 is 18.6 Å². The fourth-order valence-electron chi connectivity index (χ4n) is 1.70. The van der Waals surface area contributed by atoms with Gasteiger partial charge in [0.05, 0.1) is 12.7 Å². The molecule has 2 aromatic rings. The molecular weight excluding hydrogens is 248 g/mol. The van der Waals surface area contributed by atoms with Crippen LogP contribution in [0.5, 0.6) is 0 Å². The normalized spacial score (nSPS) is 12.3. The molecule has 1 aromatic carbocycles. The summed E-state index contributed by atoms with van der Waals surface area (Å²) in [5.74, 6) is -0.504. The van der Waals surface area contributed by atoms with E-state index in [1.807, 2.05) is 0 Å². The number of hydrogen-bond acceptors (Lipinski definition) is 4. The molecule has 0 saturated carbocycles. The number of H-pyrrole nitrogens is 1. The van der Waals surface area contributed by atoms with Gasteiger partial charge in [0.2, 0.25) is 0 Å². The lowest BCUT2D eigenvalue weighted by Crippen LogP contribution is -2.35. The number of aromatic amines is 1. The molecule has 0 aliphatic rings. The molecule has 0 aliphatic heterocycles. The zero-order valence-corrected chi connectivity index (χ0v) is 10.1. The molecule has 4 N–H and O–H groups in total. The predicted octanol–water partition coefficient (Wildman–Crippen LogP) is -0.389. The largest absolute Gasteiger partial charge is 0.394 e. The molecule has 0 bridgehead atoms. The van der Waals surface area contributed by atoms with Gasteiger partial charge in [-0.05, 0) is 17.5 Å². The van der Waals surface area contributed by atoms with Crippen LogP contribution in [0.15, 0.2) is 35.1 Å². The van der Waals surface area contributed by atoms with Crippen molar-refractivity contribution in [1.82, 2.24) is 10.3 Å². The third-order valence-corrected chi connectivity index (χ3v) is 2.71. The van der Waals surface area contributed by atoms with Crippen molar-refractivity contribution in [3.05, 3.63) is 46.4 Å². The number of aliphatic hydroxyl groups is 2. The summed E-state index contributed by atoms with van der Waals surface area (Å²) in [6.45, 7) is -0.515. The maximum Gasteiger partial charge on any atom is 0.267 e. The highest BCUT2D eigenvalue weighted by molar-refractivity contribution is 5.96. The van der Waals surface area contributed by atoms with Gasteiger partial charge in [-0.2, -0.15) is 0 Å². The Kier molecular flexibility index (Phi) is 3.94. The number of pyridine rings is 1. The van der Waals surface area contributed by atoms with Crippen LogP contribution in [-0.4, -0.2) is 40.4 Å². The summed E-state index contributed by atoms with van der Waals surface area (Å²) < 4.78 is 0. The quantitative estimate of drug-likeness (QED) is 0.602. The van der Waals surface area contributed by atoms with Crippen molar-refractivity contribution in [2.75, 3.05) is 13.2 Å². The van der Waals surface area contributed by atoms with Crippen molar-refractivity contribution in [2.45, 2.75) is 6.10 Å². The van der Waals surface area contributed by atoms with Crippen LogP contribution in [-0.2, 0) is 0 Å². The number of benzene rings is 1. The van der Waals surface area contributed by atoms with Crippen LogP contribution >= 0.6 is 0 Å². The van der Waals surface area contributed by atoms with Gasteiger partial charge in [0.25, 0.3) is 11.5 Å². The van der Waals surface area contributed by atoms with Crippen LogP contribution in [0.2, 0.25) is 0 Å². The first-order valence-electron chi connectivity index (χ1n) is 5.81. The van der Waals surface area contributed by atoms with Crippen molar-refractivity contribution in [3.63, 3.8) is 0 Å². The van der Waals surface area contributed by atoms with Gasteiger partial charge in [0, 0.05) is 11.9 Å². The SMILES string of the molecule is O=C(NCC(O)CO)c1cc2ccccc2c(=O)[nH]1. The monoisotopic (exact) mass is 262 g/mol. The van der Waals surface area contributed by atoms with E-state index in [0.29, 0.717) is 10.8 Å².